The molecule has 2 aromatic rings. The van der Waals surface area contributed by atoms with Crippen molar-refractivity contribution in [1.29, 1.82) is 0 Å². The van der Waals surface area contributed by atoms with Crippen LogP contribution in [0, 0.1) is 5.82 Å². The Kier molecular flexibility index (Phi) is 5.08. The Morgan fingerprint density at radius 1 is 1.17 bits per heavy atom. The first-order chi connectivity index (χ1) is 10.8. The molecule has 0 fully saturated rings. The number of hydrogen-bond acceptors (Lipinski definition) is 6. The van der Waals surface area contributed by atoms with E-state index in [9.17, 15) is 22.4 Å². The van der Waals surface area contributed by atoms with Crippen LogP contribution in [0.25, 0.3) is 0 Å². The second-order valence-corrected chi connectivity index (χ2v) is 6.74. The molecule has 1 heterocycles. The van der Waals surface area contributed by atoms with Crippen LogP contribution in [-0.4, -0.2) is 27.4 Å². The number of esters is 1. The number of sulfonamides is 1. The smallest absolute Gasteiger partial charge is 0.349 e. The second-order valence-electron chi connectivity index (χ2n) is 4.17. The minimum Gasteiger partial charge on any atom is -0.465 e. The standard InChI is InChI=1S/C13H11FN2O5S2/c1-21-13(18)11-10(6-7-22-11)23(19,20)16-15-12(17)8-2-4-9(14)5-3-8/h2-7,16H,1H3,(H,15,17). The van der Waals surface area contributed by atoms with Gasteiger partial charge in [-0.05, 0) is 35.7 Å². The van der Waals surface area contributed by atoms with Crippen LogP contribution < -0.4 is 10.3 Å². The molecular weight excluding hydrogens is 347 g/mol. The lowest BCUT2D eigenvalue weighted by Gasteiger charge is -2.08. The predicted molar refractivity (Wildman–Crippen MR) is 79.8 cm³/mol. The highest BCUT2D eigenvalue weighted by Gasteiger charge is 2.25. The molecule has 0 bridgehead atoms. The number of ether oxygens (including phenoxy) is 1. The van der Waals surface area contributed by atoms with Gasteiger partial charge in [-0.15, -0.1) is 16.2 Å². The highest BCUT2D eigenvalue weighted by molar-refractivity contribution is 7.89. The summed E-state index contributed by atoms with van der Waals surface area (Å²) in [6, 6.07) is 5.74. The van der Waals surface area contributed by atoms with E-state index in [1.54, 1.807) is 0 Å². The van der Waals surface area contributed by atoms with Crippen molar-refractivity contribution in [3.05, 3.63) is 52.0 Å². The Hall–Kier alpha value is -2.30. The average molecular weight is 358 g/mol. The van der Waals surface area contributed by atoms with Crippen molar-refractivity contribution in [3.8, 4) is 0 Å². The van der Waals surface area contributed by atoms with Gasteiger partial charge in [0.1, 0.15) is 15.6 Å². The zero-order valence-electron chi connectivity index (χ0n) is 11.7. The summed E-state index contributed by atoms with van der Waals surface area (Å²) < 4.78 is 41.5. The van der Waals surface area contributed by atoms with Crippen LogP contribution in [0.5, 0.6) is 0 Å². The lowest BCUT2D eigenvalue weighted by atomic mass is 10.2. The molecule has 0 atom stereocenters. The van der Waals surface area contributed by atoms with Gasteiger partial charge in [-0.1, -0.05) is 0 Å². The number of carbonyl (C=O) groups is 2. The van der Waals surface area contributed by atoms with E-state index in [0.717, 1.165) is 30.6 Å². The maximum absolute atomic E-state index is 12.8. The highest BCUT2D eigenvalue weighted by atomic mass is 32.2. The van der Waals surface area contributed by atoms with Crippen LogP contribution in [0.1, 0.15) is 20.0 Å². The van der Waals surface area contributed by atoms with Gasteiger partial charge >= 0.3 is 5.97 Å². The van der Waals surface area contributed by atoms with Crippen molar-refractivity contribution in [2.75, 3.05) is 7.11 Å². The van der Waals surface area contributed by atoms with Gasteiger partial charge in [-0.3, -0.25) is 10.2 Å². The van der Waals surface area contributed by atoms with Crippen molar-refractivity contribution >= 4 is 33.2 Å². The minimum atomic E-state index is -4.16. The summed E-state index contributed by atoms with van der Waals surface area (Å²) in [5, 5.41) is 1.41. The maximum atomic E-state index is 12.8. The van der Waals surface area contributed by atoms with E-state index >= 15 is 0 Å². The molecule has 2 N–H and O–H groups in total. The summed E-state index contributed by atoms with van der Waals surface area (Å²) in [7, 11) is -3.03. The number of rotatable bonds is 5. The van der Waals surface area contributed by atoms with Crippen molar-refractivity contribution in [2.24, 2.45) is 0 Å². The van der Waals surface area contributed by atoms with Crippen molar-refractivity contribution < 1.29 is 27.1 Å². The second kappa shape index (κ2) is 6.86. The third-order valence-corrected chi connectivity index (χ3v) is 5.01. The van der Waals surface area contributed by atoms with Gasteiger partial charge in [0.25, 0.3) is 15.9 Å². The SMILES string of the molecule is COC(=O)c1sccc1S(=O)(=O)NNC(=O)c1ccc(F)cc1. The van der Waals surface area contributed by atoms with Gasteiger partial charge in [0, 0.05) is 5.56 Å². The Bertz CT molecular complexity index is 830. The first-order valence-corrected chi connectivity index (χ1v) is 8.45. The number of carbonyl (C=O) groups excluding carboxylic acids is 2. The molecule has 0 unspecified atom stereocenters. The lowest BCUT2D eigenvalue weighted by Crippen LogP contribution is -2.41. The van der Waals surface area contributed by atoms with Crippen LogP contribution >= 0.6 is 11.3 Å². The van der Waals surface area contributed by atoms with Gasteiger partial charge in [0.05, 0.1) is 7.11 Å². The number of halogens is 1. The summed E-state index contributed by atoms with van der Waals surface area (Å²) >= 11 is 0.893. The van der Waals surface area contributed by atoms with E-state index < -0.39 is 27.7 Å². The quantitative estimate of drug-likeness (QED) is 0.620. The molecule has 23 heavy (non-hydrogen) atoms. The van der Waals surface area contributed by atoms with Crippen LogP contribution in [0.15, 0.2) is 40.6 Å². The number of benzene rings is 1. The Morgan fingerprint density at radius 2 is 1.83 bits per heavy atom. The normalized spacial score (nSPS) is 11.0. The fraction of sp³-hybridized carbons (Fsp3) is 0.0769. The van der Waals surface area contributed by atoms with E-state index in [1.165, 1.54) is 23.6 Å². The van der Waals surface area contributed by atoms with Crippen LogP contribution in [0.3, 0.4) is 0 Å². The Morgan fingerprint density at radius 3 is 2.43 bits per heavy atom. The van der Waals surface area contributed by atoms with E-state index in [2.05, 4.69) is 4.74 Å². The zero-order chi connectivity index (χ0) is 17.0. The molecule has 0 aliphatic rings. The molecule has 1 amide bonds. The van der Waals surface area contributed by atoms with Gasteiger partial charge < -0.3 is 4.74 Å². The first kappa shape index (κ1) is 17.1. The van der Waals surface area contributed by atoms with Crippen molar-refractivity contribution in [3.63, 3.8) is 0 Å². The van der Waals surface area contributed by atoms with E-state index in [4.69, 9.17) is 0 Å². The summed E-state index contributed by atoms with van der Waals surface area (Å²) in [6.07, 6.45) is 0. The minimum absolute atomic E-state index is 0.0626. The number of nitrogens with one attached hydrogen (secondary N) is 2. The first-order valence-electron chi connectivity index (χ1n) is 6.08. The monoisotopic (exact) mass is 358 g/mol. The van der Waals surface area contributed by atoms with E-state index in [1.807, 2.05) is 10.3 Å². The topological polar surface area (TPSA) is 102 Å². The number of amides is 1. The van der Waals surface area contributed by atoms with Crippen LogP contribution in [0.4, 0.5) is 4.39 Å². The lowest BCUT2D eigenvalue weighted by molar-refractivity contribution is 0.0602. The molecule has 0 spiro atoms. The van der Waals surface area contributed by atoms with Gasteiger partial charge in [0.15, 0.2) is 0 Å². The molecule has 1 aromatic carbocycles. The molecule has 0 aliphatic heterocycles. The predicted octanol–water partition coefficient (Wildman–Crippen LogP) is 1.30. The molecule has 0 saturated carbocycles. The fourth-order valence-corrected chi connectivity index (χ4v) is 3.77. The largest absolute Gasteiger partial charge is 0.465 e. The summed E-state index contributed by atoms with van der Waals surface area (Å²) in [5.74, 6) is -2.10. The van der Waals surface area contributed by atoms with Crippen LogP contribution in [-0.2, 0) is 14.8 Å². The van der Waals surface area contributed by atoms with Gasteiger partial charge in [0.2, 0.25) is 0 Å². The van der Waals surface area contributed by atoms with E-state index in [-0.39, 0.29) is 15.3 Å². The molecular formula is C13H11FN2O5S2. The molecule has 1 aromatic heterocycles. The molecule has 0 radical (unpaired) electrons. The Labute approximate surface area is 135 Å². The molecule has 2 rings (SSSR count). The maximum Gasteiger partial charge on any atom is 0.349 e. The van der Waals surface area contributed by atoms with Crippen LogP contribution in [0.2, 0.25) is 0 Å². The fourth-order valence-electron chi connectivity index (χ4n) is 1.59. The van der Waals surface area contributed by atoms with Crippen molar-refractivity contribution in [1.82, 2.24) is 10.3 Å². The summed E-state index contributed by atoms with van der Waals surface area (Å²) in [6.45, 7) is 0. The summed E-state index contributed by atoms with van der Waals surface area (Å²) in [4.78, 5) is 24.7. The molecule has 0 saturated heterocycles. The Balaban J connectivity index is 2.13. The number of hydrazine groups is 1. The van der Waals surface area contributed by atoms with E-state index in [0.29, 0.717) is 0 Å². The average Bonchev–Trinajstić information content (AvgIpc) is 3.03. The zero-order valence-corrected chi connectivity index (χ0v) is 13.3. The van der Waals surface area contributed by atoms with Gasteiger partial charge in [-0.25, -0.2) is 17.6 Å². The molecule has 0 aliphatic carbocycles. The summed E-state index contributed by atoms with van der Waals surface area (Å²) in [5.41, 5.74) is 2.05. The van der Waals surface area contributed by atoms with Crippen molar-refractivity contribution in [2.45, 2.75) is 4.90 Å². The molecule has 7 nitrogen and oxygen atoms in total. The third-order valence-electron chi connectivity index (χ3n) is 2.69. The molecule has 10 heteroatoms. The number of thiophene rings is 1. The number of hydrogen-bond donors (Lipinski definition) is 2. The number of methoxy groups -OCH3 is 1. The van der Waals surface area contributed by atoms with Gasteiger partial charge in [-0.2, -0.15) is 0 Å². The third kappa shape index (κ3) is 3.92. The molecule has 122 valence electrons. The highest BCUT2D eigenvalue weighted by Crippen LogP contribution is 2.22.